The average molecular weight is 415 g/mol. The second kappa shape index (κ2) is 8.10. The monoisotopic (exact) mass is 415 g/mol. The molecule has 0 amide bonds. The number of hydrogen-bond acceptors (Lipinski definition) is 7. The molecule has 2 N–H and O–H groups in total. The van der Waals surface area contributed by atoms with Gasteiger partial charge in [-0.3, -0.25) is 0 Å². The zero-order valence-electron chi connectivity index (χ0n) is 16.4. The molecule has 152 valence electrons. The van der Waals surface area contributed by atoms with Gasteiger partial charge in [-0.25, -0.2) is 9.78 Å². The minimum Gasteiger partial charge on any atom is -0.493 e. The van der Waals surface area contributed by atoms with Gasteiger partial charge in [-0.2, -0.15) is 0 Å². The number of benzene rings is 2. The highest BCUT2D eigenvalue weighted by Gasteiger charge is 2.44. The van der Waals surface area contributed by atoms with E-state index in [1.54, 1.807) is 0 Å². The van der Waals surface area contributed by atoms with Crippen LogP contribution in [0.5, 0.6) is 17.2 Å². The maximum atomic E-state index is 12.2. The second-order valence-electron chi connectivity index (χ2n) is 6.33. The molecule has 1 unspecified atom stereocenters. The van der Waals surface area contributed by atoms with Crippen molar-refractivity contribution in [1.29, 1.82) is 0 Å². The van der Waals surface area contributed by atoms with Gasteiger partial charge in [0.05, 0.1) is 27.0 Å². The van der Waals surface area contributed by atoms with Gasteiger partial charge in [0.15, 0.2) is 11.5 Å². The summed E-state index contributed by atoms with van der Waals surface area (Å²) in [6.45, 7) is 1.98. The Bertz CT molecular complexity index is 1000. The summed E-state index contributed by atoms with van der Waals surface area (Å²) in [5.74, 6) is -0.705. The van der Waals surface area contributed by atoms with E-state index in [4.69, 9.17) is 14.2 Å². The Balaban J connectivity index is 2.14. The lowest BCUT2D eigenvalue weighted by Gasteiger charge is -2.24. The minimum absolute atomic E-state index is 0.000141. The summed E-state index contributed by atoms with van der Waals surface area (Å²) >= 11 is 1.25. The number of ether oxygens (including phenoxy) is 3. The Morgan fingerprint density at radius 3 is 2.10 bits per heavy atom. The van der Waals surface area contributed by atoms with Crippen molar-refractivity contribution < 1.29 is 29.2 Å². The van der Waals surface area contributed by atoms with Crippen LogP contribution in [0.15, 0.2) is 41.8 Å². The van der Waals surface area contributed by atoms with Gasteiger partial charge in [0.1, 0.15) is 5.01 Å². The fraction of sp³-hybridized carbons (Fsp3) is 0.238. The molecule has 0 aliphatic rings. The standard InChI is InChI=1S/C21H21NO6S/c1-12-5-7-13(8-6-12)19-22-17(11-29-19)21(25,20(23)24)14-9-15(26-2)18(28-4)16(10-14)27-3/h5-11,25H,1-4H3,(H,23,24). The smallest absolute Gasteiger partial charge is 0.346 e. The quantitative estimate of drug-likeness (QED) is 0.610. The number of nitrogens with zero attached hydrogens (tertiary/aromatic N) is 1. The van der Waals surface area contributed by atoms with Crippen molar-refractivity contribution in [2.75, 3.05) is 21.3 Å². The van der Waals surface area contributed by atoms with E-state index in [9.17, 15) is 15.0 Å². The number of carbonyl (C=O) groups is 1. The molecule has 3 aromatic rings. The first-order valence-electron chi connectivity index (χ1n) is 8.64. The van der Waals surface area contributed by atoms with Gasteiger partial charge in [0, 0.05) is 16.5 Å². The van der Waals surface area contributed by atoms with E-state index < -0.39 is 11.6 Å². The predicted molar refractivity (Wildman–Crippen MR) is 109 cm³/mol. The van der Waals surface area contributed by atoms with Crippen molar-refractivity contribution in [2.45, 2.75) is 12.5 Å². The molecule has 0 bridgehead atoms. The molecule has 0 saturated heterocycles. The summed E-state index contributed by atoms with van der Waals surface area (Å²) in [4.78, 5) is 16.6. The predicted octanol–water partition coefficient (Wildman–Crippen LogP) is 3.46. The summed E-state index contributed by atoms with van der Waals surface area (Å²) in [7, 11) is 4.27. The molecule has 2 aromatic carbocycles. The first-order chi connectivity index (χ1) is 13.8. The topological polar surface area (TPSA) is 98.1 Å². The van der Waals surface area contributed by atoms with Gasteiger partial charge >= 0.3 is 5.97 Å². The molecule has 0 aliphatic heterocycles. The molecule has 0 saturated carbocycles. The van der Waals surface area contributed by atoms with Gasteiger partial charge in [-0.15, -0.1) is 11.3 Å². The number of aliphatic hydroxyl groups is 1. The van der Waals surface area contributed by atoms with E-state index in [1.807, 2.05) is 31.2 Å². The fourth-order valence-electron chi connectivity index (χ4n) is 2.94. The third-order valence-electron chi connectivity index (χ3n) is 4.57. The van der Waals surface area contributed by atoms with Gasteiger partial charge in [-0.05, 0) is 19.1 Å². The van der Waals surface area contributed by atoms with Crippen LogP contribution in [-0.4, -0.2) is 42.5 Å². The largest absolute Gasteiger partial charge is 0.493 e. The van der Waals surface area contributed by atoms with Crippen molar-refractivity contribution in [3.05, 3.63) is 58.6 Å². The van der Waals surface area contributed by atoms with Gasteiger partial charge < -0.3 is 24.4 Å². The maximum absolute atomic E-state index is 12.2. The highest BCUT2D eigenvalue weighted by Crippen LogP contribution is 2.43. The summed E-state index contributed by atoms with van der Waals surface area (Å²) in [6, 6.07) is 10.5. The van der Waals surface area contributed by atoms with Crippen molar-refractivity contribution in [1.82, 2.24) is 4.98 Å². The van der Waals surface area contributed by atoms with Crippen LogP contribution in [-0.2, 0) is 10.4 Å². The fourth-order valence-corrected chi connectivity index (χ4v) is 3.81. The summed E-state index contributed by atoms with van der Waals surface area (Å²) in [5.41, 5.74) is -0.415. The van der Waals surface area contributed by atoms with Gasteiger partial charge in [0.25, 0.3) is 0 Å². The highest BCUT2D eigenvalue weighted by molar-refractivity contribution is 7.13. The molecule has 0 spiro atoms. The SMILES string of the molecule is COc1cc(C(O)(C(=O)O)c2csc(-c3ccc(C)cc3)n2)cc(OC)c1OC. The third kappa shape index (κ3) is 3.64. The highest BCUT2D eigenvalue weighted by atomic mass is 32.1. The second-order valence-corrected chi connectivity index (χ2v) is 7.19. The van der Waals surface area contributed by atoms with Gasteiger partial charge in [0.2, 0.25) is 11.4 Å². The number of aliphatic carboxylic acids is 1. The van der Waals surface area contributed by atoms with Crippen molar-refractivity contribution in [2.24, 2.45) is 0 Å². The lowest BCUT2D eigenvalue weighted by molar-refractivity contribution is -0.155. The lowest BCUT2D eigenvalue weighted by atomic mass is 9.90. The zero-order valence-corrected chi connectivity index (χ0v) is 17.2. The zero-order chi connectivity index (χ0) is 21.2. The van der Waals surface area contributed by atoms with Crippen LogP contribution < -0.4 is 14.2 Å². The molecule has 0 fully saturated rings. The Morgan fingerprint density at radius 2 is 1.62 bits per heavy atom. The maximum Gasteiger partial charge on any atom is 0.346 e. The van der Waals surface area contributed by atoms with Crippen LogP contribution in [0.1, 0.15) is 16.8 Å². The van der Waals surface area contributed by atoms with Crippen molar-refractivity contribution in [3.63, 3.8) is 0 Å². The van der Waals surface area contributed by atoms with Crippen LogP contribution >= 0.6 is 11.3 Å². The molecule has 8 heteroatoms. The number of aromatic nitrogens is 1. The Kier molecular flexibility index (Phi) is 5.76. The molecule has 0 radical (unpaired) electrons. The molecular weight excluding hydrogens is 394 g/mol. The van der Waals surface area contributed by atoms with Crippen LogP contribution in [0.3, 0.4) is 0 Å². The number of thiazole rings is 1. The number of hydrogen-bond donors (Lipinski definition) is 2. The minimum atomic E-state index is -2.40. The molecular formula is C21H21NO6S. The normalized spacial score (nSPS) is 12.9. The number of carboxylic acids is 1. The van der Waals surface area contributed by atoms with Crippen molar-refractivity contribution in [3.8, 4) is 27.8 Å². The van der Waals surface area contributed by atoms with E-state index in [-0.39, 0.29) is 22.8 Å². The number of aryl methyl sites for hydroxylation is 1. The Hall–Kier alpha value is -3.10. The Labute approximate surface area is 172 Å². The van der Waals surface area contributed by atoms with Gasteiger partial charge in [-0.1, -0.05) is 29.8 Å². The molecule has 1 atom stereocenters. The first kappa shape index (κ1) is 20.6. The number of rotatable bonds is 7. The molecule has 1 aromatic heterocycles. The molecule has 0 aliphatic carbocycles. The number of methoxy groups -OCH3 is 3. The molecule has 3 rings (SSSR count). The van der Waals surface area contributed by atoms with E-state index in [2.05, 4.69) is 4.98 Å². The average Bonchev–Trinajstić information content (AvgIpc) is 3.22. The van der Waals surface area contributed by atoms with Crippen LogP contribution in [0.4, 0.5) is 0 Å². The van der Waals surface area contributed by atoms with Crippen LogP contribution in [0, 0.1) is 6.92 Å². The molecule has 7 nitrogen and oxygen atoms in total. The molecule has 1 heterocycles. The third-order valence-corrected chi connectivity index (χ3v) is 5.46. The first-order valence-corrected chi connectivity index (χ1v) is 9.52. The van der Waals surface area contributed by atoms with E-state index in [0.29, 0.717) is 10.8 Å². The van der Waals surface area contributed by atoms with E-state index in [0.717, 1.165) is 11.1 Å². The Morgan fingerprint density at radius 1 is 1.03 bits per heavy atom. The lowest BCUT2D eigenvalue weighted by Crippen LogP contribution is -2.37. The summed E-state index contributed by atoms with van der Waals surface area (Å²) in [6.07, 6.45) is 0. The van der Waals surface area contributed by atoms with Crippen LogP contribution in [0.25, 0.3) is 10.6 Å². The van der Waals surface area contributed by atoms with E-state index >= 15 is 0 Å². The van der Waals surface area contributed by atoms with Crippen molar-refractivity contribution >= 4 is 17.3 Å². The van der Waals surface area contributed by atoms with E-state index in [1.165, 1.54) is 50.2 Å². The molecule has 29 heavy (non-hydrogen) atoms. The number of carboxylic acid groups (broad SMARTS) is 1. The summed E-state index contributed by atoms with van der Waals surface area (Å²) < 4.78 is 15.8. The summed E-state index contributed by atoms with van der Waals surface area (Å²) in [5, 5.41) is 23.3. The van der Waals surface area contributed by atoms with Crippen LogP contribution in [0.2, 0.25) is 0 Å².